The summed E-state index contributed by atoms with van der Waals surface area (Å²) in [4.78, 5) is 27.8. The summed E-state index contributed by atoms with van der Waals surface area (Å²) in [6.07, 6.45) is 0.870. The van der Waals surface area contributed by atoms with Crippen LogP contribution in [0.2, 0.25) is 0 Å². The van der Waals surface area contributed by atoms with E-state index >= 15 is 0 Å². The third-order valence-corrected chi connectivity index (χ3v) is 3.78. The summed E-state index contributed by atoms with van der Waals surface area (Å²) in [5, 5.41) is 0. The molecule has 0 unspecified atom stereocenters. The average Bonchev–Trinajstić information content (AvgIpc) is 2.58. The monoisotopic (exact) mass is 346 g/mol. The van der Waals surface area contributed by atoms with Crippen LogP contribution in [0.5, 0.6) is 0 Å². The van der Waals surface area contributed by atoms with E-state index in [9.17, 15) is 9.59 Å². The first kappa shape index (κ1) is 18.8. The quantitative estimate of drug-likeness (QED) is 0.787. The first-order chi connectivity index (χ1) is 11.8. The molecule has 6 heteroatoms. The molecule has 0 aromatic heterocycles. The van der Waals surface area contributed by atoms with E-state index in [2.05, 4.69) is 6.58 Å². The molecule has 136 valence electrons. The Bertz CT molecular complexity index is 610. The Kier molecular flexibility index (Phi) is 6.07. The van der Waals surface area contributed by atoms with Gasteiger partial charge in [-0.15, -0.1) is 6.58 Å². The highest BCUT2D eigenvalue weighted by molar-refractivity contribution is 5.71. The fraction of sp³-hybridized carbons (Fsp3) is 0.474. The van der Waals surface area contributed by atoms with Gasteiger partial charge in [-0.25, -0.2) is 9.59 Å². The van der Waals surface area contributed by atoms with E-state index in [1.54, 1.807) is 15.9 Å². The number of hydrogen-bond donors (Lipinski definition) is 0. The molecule has 1 saturated heterocycles. The SMILES string of the molecule is C=C[C@H]1CN(C(=O)OC(C)(C)C)CCN1C(=O)OCc1ccccc1. The van der Waals surface area contributed by atoms with Crippen LogP contribution in [0.15, 0.2) is 43.0 Å². The molecule has 0 N–H and O–H groups in total. The highest BCUT2D eigenvalue weighted by Gasteiger charge is 2.33. The minimum atomic E-state index is -0.549. The molecule has 0 saturated carbocycles. The van der Waals surface area contributed by atoms with E-state index < -0.39 is 11.7 Å². The number of carbonyl (C=O) groups is 2. The predicted octanol–water partition coefficient (Wildman–Crippen LogP) is 3.43. The van der Waals surface area contributed by atoms with E-state index in [0.29, 0.717) is 19.6 Å². The molecule has 0 spiro atoms. The summed E-state index contributed by atoms with van der Waals surface area (Å²) in [7, 11) is 0. The zero-order valence-corrected chi connectivity index (χ0v) is 15.1. The Morgan fingerprint density at radius 3 is 2.48 bits per heavy atom. The van der Waals surface area contributed by atoms with Gasteiger partial charge in [0.05, 0.1) is 6.04 Å². The Balaban J connectivity index is 1.91. The number of amides is 2. The first-order valence-electron chi connectivity index (χ1n) is 8.38. The number of rotatable bonds is 3. The summed E-state index contributed by atoms with van der Waals surface area (Å²) >= 11 is 0. The van der Waals surface area contributed by atoms with E-state index in [0.717, 1.165) is 5.56 Å². The van der Waals surface area contributed by atoms with Crippen molar-refractivity contribution < 1.29 is 19.1 Å². The zero-order chi connectivity index (χ0) is 18.4. The van der Waals surface area contributed by atoms with Gasteiger partial charge >= 0.3 is 12.2 Å². The van der Waals surface area contributed by atoms with Gasteiger partial charge in [0, 0.05) is 19.6 Å². The second kappa shape index (κ2) is 8.05. The molecule has 25 heavy (non-hydrogen) atoms. The summed E-state index contributed by atoms with van der Waals surface area (Å²) in [6.45, 7) is 10.6. The van der Waals surface area contributed by atoms with Crippen molar-refractivity contribution in [3.05, 3.63) is 48.6 Å². The molecule has 1 heterocycles. The van der Waals surface area contributed by atoms with Crippen LogP contribution in [0, 0.1) is 0 Å². The molecular weight excluding hydrogens is 320 g/mol. The van der Waals surface area contributed by atoms with Gasteiger partial charge in [0.2, 0.25) is 0 Å². The molecule has 1 atom stereocenters. The van der Waals surface area contributed by atoms with Crippen molar-refractivity contribution >= 4 is 12.2 Å². The van der Waals surface area contributed by atoms with Crippen molar-refractivity contribution in [2.45, 2.75) is 39.0 Å². The van der Waals surface area contributed by atoms with Gasteiger partial charge in [0.15, 0.2) is 0 Å². The second-order valence-electron chi connectivity index (χ2n) is 6.96. The molecule has 0 aliphatic carbocycles. The van der Waals surface area contributed by atoms with Crippen molar-refractivity contribution in [1.82, 2.24) is 9.80 Å². The minimum Gasteiger partial charge on any atom is -0.445 e. The van der Waals surface area contributed by atoms with Gasteiger partial charge in [-0.1, -0.05) is 36.4 Å². The third-order valence-electron chi connectivity index (χ3n) is 3.78. The molecule has 1 aliphatic heterocycles. The van der Waals surface area contributed by atoms with Crippen LogP contribution in [0.4, 0.5) is 9.59 Å². The maximum absolute atomic E-state index is 12.4. The molecule has 2 amide bonds. The normalized spacial score (nSPS) is 17.8. The maximum atomic E-state index is 12.4. The number of piperazine rings is 1. The van der Waals surface area contributed by atoms with Gasteiger partial charge in [-0.2, -0.15) is 0 Å². The molecule has 1 aromatic rings. The van der Waals surface area contributed by atoms with Crippen LogP contribution in [0.25, 0.3) is 0 Å². The highest BCUT2D eigenvalue weighted by Crippen LogP contribution is 2.17. The summed E-state index contributed by atoms with van der Waals surface area (Å²) < 4.78 is 10.8. The molecule has 0 bridgehead atoms. The Morgan fingerprint density at radius 1 is 1.20 bits per heavy atom. The first-order valence-corrected chi connectivity index (χ1v) is 8.38. The van der Waals surface area contributed by atoms with E-state index in [1.807, 2.05) is 51.1 Å². The number of benzene rings is 1. The number of carbonyl (C=O) groups excluding carboxylic acids is 2. The van der Waals surface area contributed by atoms with Crippen LogP contribution in [0.1, 0.15) is 26.3 Å². The summed E-state index contributed by atoms with van der Waals surface area (Å²) in [5.74, 6) is 0. The number of nitrogens with zero attached hydrogens (tertiary/aromatic N) is 2. The minimum absolute atomic E-state index is 0.218. The zero-order valence-electron chi connectivity index (χ0n) is 15.1. The lowest BCUT2D eigenvalue weighted by Gasteiger charge is -2.39. The lowest BCUT2D eigenvalue weighted by Crippen LogP contribution is -2.56. The van der Waals surface area contributed by atoms with Crippen molar-refractivity contribution in [1.29, 1.82) is 0 Å². The fourth-order valence-electron chi connectivity index (χ4n) is 2.53. The summed E-state index contributed by atoms with van der Waals surface area (Å²) in [5.41, 5.74) is 0.380. The Morgan fingerprint density at radius 2 is 1.88 bits per heavy atom. The molecule has 1 aliphatic rings. The molecular formula is C19H26N2O4. The van der Waals surface area contributed by atoms with Crippen LogP contribution in [0.3, 0.4) is 0 Å². The predicted molar refractivity (Wildman–Crippen MR) is 95.1 cm³/mol. The van der Waals surface area contributed by atoms with Crippen LogP contribution in [-0.2, 0) is 16.1 Å². The van der Waals surface area contributed by atoms with Gasteiger partial charge in [-0.3, -0.25) is 4.90 Å². The molecule has 1 aromatic carbocycles. The topological polar surface area (TPSA) is 59.1 Å². The van der Waals surface area contributed by atoms with Crippen LogP contribution in [-0.4, -0.2) is 53.3 Å². The van der Waals surface area contributed by atoms with Gasteiger partial charge in [-0.05, 0) is 26.3 Å². The number of ether oxygens (including phenoxy) is 2. The fourth-order valence-corrected chi connectivity index (χ4v) is 2.53. The average molecular weight is 346 g/mol. The Labute approximate surface area is 149 Å². The second-order valence-corrected chi connectivity index (χ2v) is 6.96. The third kappa shape index (κ3) is 5.52. The molecule has 0 radical (unpaired) electrons. The van der Waals surface area contributed by atoms with Gasteiger partial charge < -0.3 is 14.4 Å². The molecule has 2 rings (SSSR count). The smallest absolute Gasteiger partial charge is 0.410 e. The lowest BCUT2D eigenvalue weighted by atomic mass is 10.1. The number of hydrogen-bond acceptors (Lipinski definition) is 4. The van der Waals surface area contributed by atoms with Crippen molar-refractivity contribution in [3.63, 3.8) is 0 Å². The van der Waals surface area contributed by atoms with E-state index in [4.69, 9.17) is 9.47 Å². The Hall–Kier alpha value is -2.50. The lowest BCUT2D eigenvalue weighted by molar-refractivity contribution is 0.00626. The highest BCUT2D eigenvalue weighted by atomic mass is 16.6. The van der Waals surface area contributed by atoms with Crippen LogP contribution >= 0.6 is 0 Å². The van der Waals surface area contributed by atoms with Gasteiger partial charge in [0.1, 0.15) is 12.2 Å². The van der Waals surface area contributed by atoms with Crippen LogP contribution < -0.4 is 0 Å². The molecule has 6 nitrogen and oxygen atoms in total. The molecule has 1 fully saturated rings. The maximum Gasteiger partial charge on any atom is 0.410 e. The largest absolute Gasteiger partial charge is 0.445 e. The van der Waals surface area contributed by atoms with E-state index in [-0.39, 0.29) is 18.7 Å². The summed E-state index contributed by atoms with van der Waals surface area (Å²) in [6, 6.07) is 9.21. The van der Waals surface area contributed by atoms with Crippen molar-refractivity contribution in [2.24, 2.45) is 0 Å². The van der Waals surface area contributed by atoms with Crippen molar-refractivity contribution in [2.75, 3.05) is 19.6 Å². The van der Waals surface area contributed by atoms with Crippen molar-refractivity contribution in [3.8, 4) is 0 Å². The van der Waals surface area contributed by atoms with Gasteiger partial charge in [0.25, 0.3) is 0 Å². The van der Waals surface area contributed by atoms with E-state index in [1.165, 1.54) is 0 Å². The standard InChI is InChI=1S/C19H26N2O4/c1-5-16-13-20(17(22)25-19(2,3)4)11-12-21(16)18(23)24-14-15-9-7-6-8-10-15/h5-10,16H,1,11-14H2,2-4H3/t16-/m0/s1.